The molecule has 1 heterocycles. The summed E-state index contributed by atoms with van der Waals surface area (Å²) in [6, 6.07) is 10.2. The van der Waals surface area contributed by atoms with Gasteiger partial charge in [0.1, 0.15) is 0 Å². The van der Waals surface area contributed by atoms with Gasteiger partial charge in [0.15, 0.2) is 11.5 Å². The Morgan fingerprint density at radius 2 is 2.05 bits per heavy atom. The Kier molecular flexibility index (Phi) is 3.62. The molecule has 6 heteroatoms. The summed E-state index contributed by atoms with van der Waals surface area (Å²) in [5, 5.41) is 9.12. The van der Waals surface area contributed by atoms with E-state index in [1.165, 1.54) is 6.07 Å². The van der Waals surface area contributed by atoms with Crippen molar-refractivity contribution in [3.05, 3.63) is 52.0 Å². The molecule has 0 amide bonds. The smallest absolute Gasteiger partial charge is 0.337 e. The van der Waals surface area contributed by atoms with Gasteiger partial charge in [-0.3, -0.25) is 4.99 Å². The maximum absolute atomic E-state index is 11.1. The van der Waals surface area contributed by atoms with Crippen molar-refractivity contribution < 1.29 is 19.4 Å². The average Bonchev–Trinajstić information content (AvgIpc) is 2.96. The fourth-order valence-electron chi connectivity index (χ4n) is 1.96. The Hall–Kier alpha value is -2.34. The standard InChI is InChI=1S/C15H10BrNO4/c16-13-9(5-6-12-14(13)21-8-20-12)7-17-11-4-2-1-3-10(11)15(18)19/h1-7H,8H2,(H,18,19). The number of carbonyl (C=O) groups is 1. The lowest BCUT2D eigenvalue weighted by molar-refractivity contribution is 0.0698. The molecule has 0 saturated carbocycles. The summed E-state index contributed by atoms with van der Waals surface area (Å²) in [6.07, 6.45) is 1.59. The number of rotatable bonds is 3. The molecule has 0 atom stereocenters. The summed E-state index contributed by atoms with van der Waals surface area (Å²) in [6.45, 7) is 0.191. The van der Waals surface area contributed by atoms with Gasteiger partial charge in [-0.2, -0.15) is 0 Å². The Morgan fingerprint density at radius 3 is 2.86 bits per heavy atom. The minimum atomic E-state index is -1.01. The highest BCUT2D eigenvalue weighted by Gasteiger charge is 2.18. The summed E-state index contributed by atoms with van der Waals surface area (Å²) in [5.41, 5.74) is 1.33. The number of halogens is 1. The molecule has 0 fully saturated rings. The zero-order chi connectivity index (χ0) is 14.8. The lowest BCUT2D eigenvalue weighted by Crippen LogP contribution is -1.96. The van der Waals surface area contributed by atoms with E-state index in [-0.39, 0.29) is 12.4 Å². The minimum absolute atomic E-state index is 0.158. The quantitative estimate of drug-likeness (QED) is 0.861. The van der Waals surface area contributed by atoms with Gasteiger partial charge in [-0.05, 0) is 40.2 Å². The molecule has 0 aromatic heterocycles. The highest BCUT2D eigenvalue weighted by molar-refractivity contribution is 9.10. The van der Waals surface area contributed by atoms with Crippen LogP contribution in [0.3, 0.4) is 0 Å². The lowest BCUT2D eigenvalue weighted by atomic mass is 10.2. The molecule has 106 valence electrons. The molecule has 0 spiro atoms. The number of hydrogen-bond donors (Lipinski definition) is 1. The largest absolute Gasteiger partial charge is 0.478 e. The zero-order valence-electron chi connectivity index (χ0n) is 10.7. The molecule has 3 rings (SSSR count). The third-order valence-corrected chi connectivity index (χ3v) is 3.80. The summed E-state index contributed by atoms with van der Waals surface area (Å²) in [7, 11) is 0. The van der Waals surface area contributed by atoms with Gasteiger partial charge in [-0.1, -0.05) is 12.1 Å². The lowest BCUT2D eigenvalue weighted by Gasteiger charge is -2.03. The summed E-state index contributed by atoms with van der Waals surface area (Å²) >= 11 is 3.44. The normalized spacial score (nSPS) is 12.8. The first-order valence-corrected chi connectivity index (χ1v) is 6.90. The molecule has 0 bridgehead atoms. The van der Waals surface area contributed by atoms with Crippen LogP contribution >= 0.6 is 15.9 Å². The number of para-hydroxylation sites is 1. The third kappa shape index (κ3) is 2.62. The van der Waals surface area contributed by atoms with Crippen molar-refractivity contribution >= 4 is 33.8 Å². The third-order valence-electron chi connectivity index (χ3n) is 2.99. The van der Waals surface area contributed by atoms with Crippen molar-refractivity contribution in [1.82, 2.24) is 0 Å². The molecular formula is C15H10BrNO4. The number of nitrogens with zero attached hydrogens (tertiary/aromatic N) is 1. The van der Waals surface area contributed by atoms with Crippen LogP contribution in [-0.2, 0) is 0 Å². The second kappa shape index (κ2) is 5.57. The Bertz CT molecular complexity index is 742. The molecule has 2 aromatic rings. The van der Waals surface area contributed by atoms with Gasteiger partial charge in [0.25, 0.3) is 0 Å². The highest BCUT2D eigenvalue weighted by atomic mass is 79.9. The first-order valence-electron chi connectivity index (χ1n) is 6.11. The van der Waals surface area contributed by atoms with E-state index in [9.17, 15) is 4.79 Å². The van der Waals surface area contributed by atoms with Crippen molar-refractivity contribution in [2.24, 2.45) is 4.99 Å². The van der Waals surface area contributed by atoms with Crippen LogP contribution in [0, 0.1) is 0 Å². The number of fused-ring (bicyclic) bond motifs is 1. The zero-order valence-corrected chi connectivity index (χ0v) is 12.3. The molecular weight excluding hydrogens is 338 g/mol. The Labute approximate surface area is 129 Å². The van der Waals surface area contributed by atoms with Gasteiger partial charge < -0.3 is 14.6 Å². The van der Waals surface area contributed by atoms with Crippen LogP contribution < -0.4 is 9.47 Å². The summed E-state index contributed by atoms with van der Waals surface area (Å²) < 4.78 is 11.4. The number of benzene rings is 2. The van der Waals surface area contributed by atoms with Gasteiger partial charge >= 0.3 is 5.97 Å². The molecule has 0 unspecified atom stereocenters. The van der Waals surface area contributed by atoms with Gasteiger partial charge in [0, 0.05) is 11.8 Å². The Morgan fingerprint density at radius 1 is 1.24 bits per heavy atom. The van der Waals surface area contributed by atoms with Gasteiger partial charge in [-0.25, -0.2) is 4.79 Å². The van der Waals surface area contributed by atoms with E-state index in [0.29, 0.717) is 17.2 Å². The second-order valence-corrected chi connectivity index (χ2v) is 5.08. The van der Waals surface area contributed by atoms with Crippen molar-refractivity contribution in [1.29, 1.82) is 0 Å². The number of carboxylic acids is 1. The monoisotopic (exact) mass is 347 g/mol. The molecule has 0 aliphatic carbocycles. The molecule has 0 radical (unpaired) electrons. The number of carboxylic acid groups (broad SMARTS) is 1. The van der Waals surface area contributed by atoms with Crippen LogP contribution in [0.4, 0.5) is 5.69 Å². The first-order chi connectivity index (χ1) is 10.2. The average molecular weight is 348 g/mol. The van der Waals surface area contributed by atoms with Crippen molar-refractivity contribution in [2.45, 2.75) is 0 Å². The number of hydrogen-bond acceptors (Lipinski definition) is 4. The van der Waals surface area contributed by atoms with Gasteiger partial charge in [0.05, 0.1) is 15.7 Å². The predicted octanol–water partition coefficient (Wildman–Crippen LogP) is 3.63. The van der Waals surface area contributed by atoms with Gasteiger partial charge in [0.2, 0.25) is 6.79 Å². The molecule has 0 saturated heterocycles. The number of aliphatic imine (C=N–C) groups is 1. The number of ether oxygens (including phenoxy) is 2. The van der Waals surface area contributed by atoms with E-state index in [0.717, 1.165) is 10.0 Å². The molecule has 2 aromatic carbocycles. The van der Waals surface area contributed by atoms with E-state index in [2.05, 4.69) is 20.9 Å². The fourth-order valence-corrected chi connectivity index (χ4v) is 2.50. The van der Waals surface area contributed by atoms with E-state index >= 15 is 0 Å². The van der Waals surface area contributed by atoms with Crippen LogP contribution in [0.2, 0.25) is 0 Å². The first kappa shape index (κ1) is 13.6. The molecule has 5 nitrogen and oxygen atoms in total. The van der Waals surface area contributed by atoms with Crippen molar-refractivity contribution in [3.63, 3.8) is 0 Å². The Balaban J connectivity index is 1.96. The minimum Gasteiger partial charge on any atom is -0.478 e. The van der Waals surface area contributed by atoms with Crippen LogP contribution in [-0.4, -0.2) is 24.1 Å². The molecule has 1 N–H and O–H groups in total. The maximum atomic E-state index is 11.1. The van der Waals surface area contributed by atoms with Crippen molar-refractivity contribution in [3.8, 4) is 11.5 Å². The van der Waals surface area contributed by atoms with E-state index in [4.69, 9.17) is 14.6 Å². The summed E-state index contributed by atoms with van der Waals surface area (Å²) in [5.74, 6) is 0.294. The SMILES string of the molecule is O=C(O)c1ccccc1N=Cc1ccc2c(c1Br)OCO2. The number of aromatic carboxylic acids is 1. The van der Waals surface area contributed by atoms with Gasteiger partial charge in [-0.15, -0.1) is 0 Å². The predicted molar refractivity (Wildman–Crippen MR) is 80.9 cm³/mol. The van der Waals surface area contributed by atoms with E-state index < -0.39 is 5.97 Å². The van der Waals surface area contributed by atoms with Crippen molar-refractivity contribution in [2.75, 3.05) is 6.79 Å². The van der Waals surface area contributed by atoms with Crippen LogP contribution in [0.15, 0.2) is 45.9 Å². The topological polar surface area (TPSA) is 68.1 Å². The van der Waals surface area contributed by atoms with Crippen LogP contribution in [0.5, 0.6) is 11.5 Å². The van der Waals surface area contributed by atoms with Crippen LogP contribution in [0.1, 0.15) is 15.9 Å². The van der Waals surface area contributed by atoms with Crippen LogP contribution in [0.25, 0.3) is 0 Å². The van der Waals surface area contributed by atoms with E-state index in [1.54, 1.807) is 30.5 Å². The fraction of sp³-hybridized carbons (Fsp3) is 0.0667. The molecule has 1 aliphatic rings. The highest BCUT2D eigenvalue weighted by Crippen LogP contribution is 2.40. The summed E-state index contributed by atoms with van der Waals surface area (Å²) in [4.78, 5) is 15.4. The molecule has 21 heavy (non-hydrogen) atoms. The van der Waals surface area contributed by atoms with E-state index in [1.807, 2.05) is 6.07 Å². The maximum Gasteiger partial charge on any atom is 0.337 e. The molecule has 1 aliphatic heterocycles. The second-order valence-electron chi connectivity index (χ2n) is 4.28.